The predicted molar refractivity (Wildman–Crippen MR) is 55.3 cm³/mol. The number of carbonyl (C=O) groups excluding carboxylic acids is 2. The van der Waals surface area contributed by atoms with Crippen LogP contribution >= 0.6 is 0 Å². The second-order valence-electron chi connectivity index (χ2n) is 3.40. The quantitative estimate of drug-likeness (QED) is 0.750. The van der Waals surface area contributed by atoms with Gasteiger partial charge < -0.3 is 9.64 Å². The van der Waals surface area contributed by atoms with Crippen molar-refractivity contribution in [2.24, 2.45) is 0 Å². The van der Waals surface area contributed by atoms with Gasteiger partial charge >= 0.3 is 5.97 Å². The number of ether oxygens (including phenoxy) is 1. The molecule has 0 bridgehead atoms. The molecule has 1 aromatic rings. The van der Waals surface area contributed by atoms with Crippen molar-refractivity contribution in [3.05, 3.63) is 35.4 Å². The molecule has 0 radical (unpaired) electrons. The predicted octanol–water partition coefficient (Wildman–Crippen LogP) is 1.21. The molecule has 4 nitrogen and oxygen atoms in total. The van der Waals surface area contributed by atoms with E-state index in [0.29, 0.717) is 6.07 Å². The second-order valence-corrected chi connectivity index (χ2v) is 3.40. The van der Waals surface area contributed by atoms with Crippen LogP contribution in [0.5, 0.6) is 0 Å². The molecule has 0 heterocycles. The molecule has 1 rings (SSSR count). The molecule has 17 heavy (non-hydrogen) atoms. The van der Waals surface area contributed by atoms with Crippen molar-refractivity contribution in [1.82, 2.24) is 4.90 Å². The summed E-state index contributed by atoms with van der Waals surface area (Å²) in [5.41, 5.74) is -0.158. The summed E-state index contributed by atoms with van der Waals surface area (Å²) in [6.45, 7) is -0.284. The Balaban J connectivity index is 2.85. The molecule has 1 amide bonds. The largest absolute Gasteiger partial charge is 0.468 e. The lowest BCUT2D eigenvalue weighted by Crippen LogP contribution is -2.32. The molecule has 0 unspecified atom stereocenters. The van der Waals surface area contributed by atoms with Gasteiger partial charge in [-0.1, -0.05) is 0 Å². The highest BCUT2D eigenvalue weighted by atomic mass is 19.1. The second kappa shape index (κ2) is 5.38. The fourth-order valence-electron chi connectivity index (χ4n) is 1.23. The average molecular weight is 243 g/mol. The number of likely N-dealkylation sites (N-methyl/N-ethyl adjacent to an activating group) is 1. The number of carbonyl (C=O) groups is 2. The Hall–Kier alpha value is -1.98. The molecule has 0 aliphatic rings. The van der Waals surface area contributed by atoms with Crippen molar-refractivity contribution in [2.75, 3.05) is 20.7 Å². The van der Waals surface area contributed by atoms with Crippen molar-refractivity contribution < 1.29 is 23.1 Å². The first-order chi connectivity index (χ1) is 7.93. The number of esters is 1. The Morgan fingerprint density at radius 1 is 1.24 bits per heavy atom. The summed E-state index contributed by atoms with van der Waals surface area (Å²) in [5.74, 6) is -2.97. The first-order valence-corrected chi connectivity index (χ1v) is 4.72. The van der Waals surface area contributed by atoms with Crippen LogP contribution in [-0.4, -0.2) is 37.5 Å². The van der Waals surface area contributed by atoms with Crippen LogP contribution in [0, 0.1) is 11.6 Å². The van der Waals surface area contributed by atoms with Crippen molar-refractivity contribution >= 4 is 11.9 Å². The highest BCUT2D eigenvalue weighted by Crippen LogP contribution is 2.10. The van der Waals surface area contributed by atoms with Gasteiger partial charge in [0.05, 0.1) is 7.11 Å². The zero-order valence-corrected chi connectivity index (χ0v) is 9.37. The third-order valence-corrected chi connectivity index (χ3v) is 2.05. The standard InChI is InChI=1S/C11H11F2NO3/c1-14(6-10(15)17-2)11(16)7-3-8(12)5-9(13)4-7/h3-5H,6H2,1-2H3. The molecule has 0 aliphatic heterocycles. The number of methoxy groups -OCH3 is 1. The van der Waals surface area contributed by atoms with Crippen molar-refractivity contribution in [1.29, 1.82) is 0 Å². The highest BCUT2D eigenvalue weighted by molar-refractivity contribution is 5.95. The Kier molecular flexibility index (Phi) is 4.14. The zero-order valence-electron chi connectivity index (χ0n) is 9.37. The molecule has 6 heteroatoms. The van der Waals surface area contributed by atoms with E-state index in [1.165, 1.54) is 14.2 Å². The number of benzene rings is 1. The number of hydrogen-bond donors (Lipinski definition) is 0. The van der Waals surface area contributed by atoms with Gasteiger partial charge in [-0.25, -0.2) is 8.78 Å². The lowest BCUT2D eigenvalue weighted by molar-refractivity contribution is -0.141. The molecular formula is C11H11F2NO3. The minimum Gasteiger partial charge on any atom is -0.468 e. The summed E-state index contributed by atoms with van der Waals surface area (Å²) in [6, 6.07) is 2.47. The number of nitrogens with zero attached hydrogens (tertiary/aromatic N) is 1. The van der Waals surface area contributed by atoms with E-state index in [1.54, 1.807) is 0 Å². The van der Waals surface area contributed by atoms with Crippen molar-refractivity contribution in [3.8, 4) is 0 Å². The van der Waals surface area contributed by atoms with Crippen molar-refractivity contribution in [3.63, 3.8) is 0 Å². The van der Waals surface area contributed by atoms with E-state index in [2.05, 4.69) is 4.74 Å². The van der Waals surface area contributed by atoms with E-state index >= 15 is 0 Å². The Labute approximate surface area is 96.8 Å². The molecule has 0 atom stereocenters. The topological polar surface area (TPSA) is 46.6 Å². The van der Waals surface area contributed by atoms with Gasteiger partial charge in [0.15, 0.2) is 0 Å². The SMILES string of the molecule is COC(=O)CN(C)C(=O)c1cc(F)cc(F)c1. The summed E-state index contributed by atoms with van der Waals surface area (Å²) in [7, 11) is 2.52. The van der Waals surface area contributed by atoms with Crippen LogP contribution in [0.25, 0.3) is 0 Å². The summed E-state index contributed by atoms with van der Waals surface area (Å²) in [5, 5.41) is 0. The van der Waals surface area contributed by atoms with Gasteiger partial charge in [-0.15, -0.1) is 0 Å². The monoisotopic (exact) mass is 243 g/mol. The minimum atomic E-state index is -0.847. The molecular weight excluding hydrogens is 232 g/mol. The van der Waals surface area contributed by atoms with E-state index in [4.69, 9.17) is 0 Å². The van der Waals surface area contributed by atoms with Crippen LogP contribution in [-0.2, 0) is 9.53 Å². The fourth-order valence-corrected chi connectivity index (χ4v) is 1.23. The average Bonchev–Trinajstić information content (AvgIpc) is 2.26. The maximum Gasteiger partial charge on any atom is 0.325 e. The van der Waals surface area contributed by atoms with E-state index in [9.17, 15) is 18.4 Å². The zero-order chi connectivity index (χ0) is 13.0. The maximum absolute atomic E-state index is 12.9. The van der Waals surface area contributed by atoms with Gasteiger partial charge in [0.2, 0.25) is 0 Å². The molecule has 0 spiro atoms. The number of halogens is 2. The van der Waals surface area contributed by atoms with Crippen LogP contribution in [0.15, 0.2) is 18.2 Å². The normalized spacial score (nSPS) is 9.88. The molecule has 92 valence electrons. The number of hydrogen-bond acceptors (Lipinski definition) is 3. The van der Waals surface area contributed by atoms with Crippen LogP contribution in [0.2, 0.25) is 0 Å². The van der Waals surface area contributed by atoms with Gasteiger partial charge in [0.1, 0.15) is 18.2 Å². The molecule has 1 aromatic carbocycles. The summed E-state index contributed by atoms with van der Waals surface area (Å²) >= 11 is 0. The first-order valence-electron chi connectivity index (χ1n) is 4.72. The summed E-state index contributed by atoms with van der Waals surface area (Å²) in [6.07, 6.45) is 0. The minimum absolute atomic E-state index is 0.158. The van der Waals surface area contributed by atoms with Gasteiger partial charge in [-0.05, 0) is 12.1 Å². The molecule has 0 saturated heterocycles. The Morgan fingerprint density at radius 3 is 2.24 bits per heavy atom. The van der Waals surface area contributed by atoms with E-state index in [1.807, 2.05) is 0 Å². The van der Waals surface area contributed by atoms with Gasteiger partial charge in [-0.3, -0.25) is 9.59 Å². The smallest absolute Gasteiger partial charge is 0.325 e. The molecule has 0 aliphatic carbocycles. The van der Waals surface area contributed by atoms with E-state index in [-0.39, 0.29) is 12.1 Å². The third kappa shape index (κ3) is 3.51. The third-order valence-electron chi connectivity index (χ3n) is 2.05. The number of amides is 1. The van der Waals surface area contributed by atoms with Crippen LogP contribution in [0.3, 0.4) is 0 Å². The van der Waals surface area contributed by atoms with Crippen molar-refractivity contribution in [2.45, 2.75) is 0 Å². The fraction of sp³-hybridized carbons (Fsp3) is 0.273. The Morgan fingerprint density at radius 2 is 1.76 bits per heavy atom. The maximum atomic E-state index is 12.9. The lowest BCUT2D eigenvalue weighted by atomic mass is 10.2. The van der Waals surface area contributed by atoms with Crippen LogP contribution in [0.1, 0.15) is 10.4 Å². The molecule has 0 fully saturated rings. The van der Waals surface area contributed by atoms with Gasteiger partial charge in [0.25, 0.3) is 5.91 Å². The van der Waals surface area contributed by atoms with Gasteiger partial charge in [-0.2, -0.15) is 0 Å². The van der Waals surface area contributed by atoms with E-state index in [0.717, 1.165) is 17.0 Å². The number of rotatable bonds is 3. The van der Waals surface area contributed by atoms with E-state index < -0.39 is 23.5 Å². The molecule has 0 saturated carbocycles. The first kappa shape index (κ1) is 13.1. The highest BCUT2D eigenvalue weighted by Gasteiger charge is 2.16. The molecule has 0 N–H and O–H groups in total. The van der Waals surface area contributed by atoms with Crippen LogP contribution in [0.4, 0.5) is 8.78 Å². The summed E-state index contributed by atoms with van der Waals surface area (Å²) < 4.78 is 30.1. The lowest BCUT2D eigenvalue weighted by Gasteiger charge is -2.15. The molecule has 0 aromatic heterocycles. The summed E-state index contributed by atoms with van der Waals surface area (Å²) in [4.78, 5) is 23.6. The van der Waals surface area contributed by atoms with Gasteiger partial charge in [0, 0.05) is 18.7 Å². The van der Waals surface area contributed by atoms with Crippen LogP contribution < -0.4 is 0 Å². The Bertz CT molecular complexity index is 428.